The second-order valence-corrected chi connectivity index (χ2v) is 5.62. The van der Waals surface area contributed by atoms with E-state index in [-0.39, 0.29) is 30.1 Å². The van der Waals surface area contributed by atoms with Gasteiger partial charge in [-0.25, -0.2) is 0 Å². The third-order valence-corrected chi connectivity index (χ3v) is 3.23. The first-order valence-corrected chi connectivity index (χ1v) is 7.91. The molecule has 0 atom stereocenters. The van der Waals surface area contributed by atoms with Crippen LogP contribution in [0.2, 0.25) is 0 Å². The maximum Gasteiger partial charge on any atom is 0.311 e. The fraction of sp³-hybridized carbons (Fsp3) is 0.278. The van der Waals surface area contributed by atoms with Gasteiger partial charge >= 0.3 is 5.69 Å². The van der Waals surface area contributed by atoms with Gasteiger partial charge in [0, 0.05) is 17.8 Å². The Labute approximate surface area is 150 Å². The summed E-state index contributed by atoms with van der Waals surface area (Å²) in [6.07, 6.45) is 0.0718. The molecule has 2 aromatic carbocycles. The standard InChI is InChI=1S/C18H20N2O6/c1-12(2)26-14-6-4-13(5-7-14)19-18(21)11-25-15-8-9-16(20(22)23)17(10-15)24-3/h4-10,12H,11H2,1-3H3,(H,19,21). The van der Waals surface area contributed by atoms with Gasteiger partial charge in [0.1, 0.15) is 11.5 Å². The maximum absolute atomic E-state index is 12.0. The van der Waals surface area contributed by atoms with Gasteiger partial charge in [-0.2, -0.15) is 0 Å². The summed E-state index contributed by atoms with van der Waals surface area (Å²) in [6.45, 7) is 3.62. The van der Waals surface area contributed by atoms with Crippen LogP contribution in [0, 0.1) is 10.1 Å². The second kappa shape index (κ2) is 8.70. The normalized spacial score (nSPS) is 10.3. The molecule has 0 saturated heterocycles. The highest BCUT2D eigenvalue weighted by Gasteiger charge is 2.15. The quantitative estimate of drug-likeness (QED) is 0.572. The molecule has 0 aliphatic heterocycles. The fourth-order valence-electron chi connectivity index (χ4n) is 2.13. The van der Waals surface area contributed by atoms with Crippen LogP contribution in [0.4, 0.5) is 11.4 Å². The van der Waals surface area contributed by atoms with Gasteiger partial charge in [-0.15, -0.1) is 0 Å². The average molecular weight is 360 g/mol. The maximum atomic E-state index is 12.0. The second-order valence-electron chi connectivity index (χ2n) is 5.62. The number of ether oxygens (including phenoxy) is 3. The van der Waals surface area contributed by atoms with Crippen molar-refractivity contribution in [3.05, 3.63) is 52.6 Å². The lowest BCUT2D eigenvalue weighted by Crippen LogP contribution is -2.20. The van der Waals surface area contributed by atoms with Crippen LogP contribution in [0.25, 0.3) is 0 Å². The van der Waals surface area contributed by atoms with Gasteiger partial charge < -0.3 is 19.5 Å². The van der Waals surface area contributed by atoms with E-state index in [2.05, 4.69) is 5.32 Å². The number of benzene rings is 2. The molecule has 8 heteroatoms. The van der Waals surface area contributed by atoms with E-state index in [0.29, 0.717) is 17.2 Å². The Bertz CT molecular complexity index is 774. The SMILES string of the molecule is COc1cc(OCC(=O)Nc2ccc(OC(C)C)cc2)ccc1[N+](=O)[O-]. The van der Waals surface area contributed by atoms with Crippen LogP contribution in [0.5, 0.6) is 17.2 Å². The third-order valence-electron chi connectivity index (χ3n) is 3.23. The summed E-state index contributed by atoms with van der Waals surface area (Å²) in [6, 6.07) is 11.0. The number of methoxy groups -OCH3 is 1. The van der Waals surface area contributed by atoms with Crippen LogP contribution >= 0.6 is 0 Å². The predicted molar refractivity (Wildman–Crippen MR) is 96.0 cm³/mol. The first kappa shape index (κ1) is 19.0. The summed E-state index contributed by atoms with van der Waals surface area (Å²) in [5, 5.41) is 13.5. The van der Waals surface area contributed by atoms with Crippen molar-refractivity contribution in [1.82, 2.24) is 0 Å². The van der Waals surface area contributed by atoms with E-state index in [1.807, 2.05) is 13.8 Å². The molecule has 0 aliphatic rings. The minimum Gasteiger partial charge on any atom is -0.491 e. The molecule has 8 nitrogen and oxygen atoms in total. The largest absolute Gasteiger partial charge is 0.491 e. The number of nitrogens with one attached hydrogen (secondary N) is 1. The van der Waals surface area contributed by atoms with Crippen LogP contribution in [0.15, 0.2) is 42.5 Å². The third kappa shape index (κ3) is 5.37. The van der Waals surface area contributed by atoms with E-state index in [1.54, 1.807) is 24.3 Å². The highest BCUT2D eigenvalue weighted by atomic mass is 16.6. The molecule has 0 bridgehead atoms. The molecular weight excluding hydrogens is 340 g/mol. The van der Waals surface area contributed by atoms with E-state index in [0.717, 1.165) is 0 Å². The van der Waals surface area contributed by atoms with E-state index in [1.165, 1.54) is 25.3 Å². The molecular formula is C18H20N2O6. The van der Waals surface area contributed by atoms with Gasteiger partial charge in [-0.3, -0.25) is 14.9 Å². The monoisotopic (exact) mass is 360 g/mol. The molecule has 0 spiro atoms. The molecule has 0 saturated carbocycles. The number of hydrogen-bond acceptors (Lipinski definition) is 6. The van der Waals surface area contributed by atoms with Crippen molar-refractivity contribution in [3.63, 3.8) is 0 Å². The first-order valence-electron chi connectivity index (χ1n) is 7.91. The van der Waals surface area contributed by atoms with Crippen molar-refractivity contribution in [2.24, 2.45) is 0 Å². The molecule has 26 heavy (non-hydrogen) atoms. The molecule has 0 unspecified atom stereocenters. The lowest BCUT2D eigenvalue weighted by atomic mass is 10.3. The number of rotatable bonds is 8. The lowest BCUT2D eigenvalue weighted by Gasteiger charge is -2.11. The van der Waals surface area contributed by atoms with E-state index >= 15 is 0 Å². The minimum absolute atomic E-state index is 0.0636. The van der Waals surface area contributed by atoms with Gasteiger partial charge in [-0.1, -0.05) is 0 Å². The zero-order valence-corrected chi connectivity index (χ0v) is 14.7. The van der Waals surface area contributed by atoms with Gasteiger partial charge in [0.15, 0.2) is 6.61 Å². The van der Waals surface area contributed by atoms with Crippen LogP contribution in [0.3, 0.4) is 0 Å². The Morgan fingerprint density at radius 2 is 1.81 bits per heavy atom. The topological polar surface area (TPSA) is 99.9 Å². The number of anilines is 1. The number of carbonyl (C=O) groups is 1. The van der Waals surface area contributed by atoms with Crippen LogP contribution in [-0.4, -0.2) is 30.7 Å². The molecule has 1 amide bonds. The number of nitro benzene ring substituents is 1. The molecule has 0 aromatic heterocycles. The van der Waals surface area contributed by atoms with Gasteiger partial charge in [0.05, 0.1) is 18.1 Å². The fourth-order valence-corrected chi connectivity index (χ4v) is 2.13. The molecule has 2 aromatic rings. The van der Waals surface area contributed by atoms with E-state index in [4.69, 9.17) is 14.2 Å². The van der Waals surface area contributed by atoms with E-state index in [9.17, 15) is 14.9 Å². The van der Waals surface area contributed by atoms with Crippen molar-refractivity contribution in [1.29, 1.82) is 0 Å². The number of nitro groups is 1. The first-order chi connectivity index (χ1) is 12.4. The Hall–Kier alpha value is -3.29. The van der Waals surface area contributed by atoms with Gasteiger partial charge in [-0.05, 0) is 44.2 Å². The highest BCUT2D eigenvalue weighted by molar-refractivity contribution is 5.91. The molecule has 1 N–H and O–H groups in total. The summed E-state index contributed by atoms with van der Waals surface area (Å²) in [4.78, 5) is 22.3. The van der Waals surface area contributed by atoms with Crippen LogP contribution < -0.4 is 19.5 Å². The van der Waals surface area contributed by atoms with Crippen molar-refractivity contribution < 1.29 is 23.9 Å². The van der Waals surface area contributed by atoms with Gasteiger partial charge in [0.25, 0.3) is 5.91 Å². The van der Waals surface area contributed by atoms with E-state index < -0.39 is 4.92 Å². The minimum atomic E-state index is -0.554. The number of hydrogen-bond donors (Lipinski definition) is 1. The molecule has 2 rings (SSSR count). The Morgan fingerprint density at radius 3 is 2.38 bits per heavy atom. The summed E-state index contributed by atoms with van der Waals surface area (Å²) in [5.41, 5.74) is 0.434. The van der Waals surface area contributed by atoms with Crippen molar-refractivity contribution >= 4 is 17.3 Å². The molecule has 0 heterocycles. The Kier molecular flexibility index (Phi) is 6.37. The van der Waals surface area contributed by atoms with Crippen LogP contribution in [0.1, 0.15) is 13.8 Å². The summed E-state index contributed by atoms with van der Waals surface area (Å²) < 4.78 is 15.8. The molecule has 0 aliphatic carbocycles. The average Bonchev–Trinajstić information content (AvgIpc) is 2.60. The zero-order chi connectivity index (χ0) is 19.1. The molecule has 138 valence electrons. The zero-order valence-electron chi connectivity index (χ0n) is 14.7. The molecule has 0 radical (unpaired) electrons. The van der Waals surface area contributed by atoms with Crippen LogP contribution in [-0.2, 0) is 4.79 Å². The van der Waals surface area contributed by atoms with Crippen molar-refractivity contribution in [2.45, 2.75) is 20.0 Å². The number of carbonyl (C=O) groups excluding carboxylic acids is 1. The summed E-state index contributed by atoms with van der Waals surface area (Å²) >= 11 is 0. The summed E-state index contributed by atoms with van der Waals surface area (Å²) in [7, 11) is 1.32. The smallest absolute Gasteiger partial charge is 0.311 e. The summed E-state index contributed by atoms with van der Waals surface area (Å²) in [5.74, 6) is 0.712. The van der Waals surface area contributed by atoms with Gasteiger partial charge in [0.2, 0.25) is 5.75 Å². The number of nitrogens with zero attached hydrogens (tertiary/aromatic N) is 1. The van der Waals surface area contributed by atoms with Crippen molar-refractivity contribution in [3.8, 4) is 17.2 Å². The Morgan fingerprint density at radius 1 is 1.15 bits per heavy atom. The predicted octanol–water partition coefficient (Wildman–Crippen LogP) is 3.41. The Balaban J connectivity index is 1.91. The van der Waals surface area contributed by atoms with Crippen molar-refractivity contribution in [2.75, 3.05) is 19.0 Å². The molecule has 0 fully saturated rings. The lowest BCUT2D eigenvalue weighted by molar-refractivity contribution is -0.385. The number of amides is 1. The highest BCUT2D eigenvalue weighted by Crippen LogP contribution is 2.30.